The van der Waals surface area contributed by atoms with Crippen LogP contribution in [-0.2, 0) is 0 Å². The first kappa shape index (κ1) is 16.2. The predicted molar refractivity (Wildman–Crippen MR) is 87.6 cm³/mol. The molecule has 0 saturated carbocycles. The average Bonchev–Trinajstić information content (AvgIpc) is 2.71. The molecule has 1 saturated heterocycles. The molecule has 1 unspecified atom stereocenters. The quantitative estimate of drug-likeness (QED) is 0.868. The van der Waals surface area contributed by atoms with Crippen molar-refractivity contribution in [3.8, 4) is 0 Å². The van der Waals surface area contributed by atoms with Gasteiger partial charge in [-0.05, 0) is 36.5 Å². The maximum Gasteiger partial charge on any atom is 0.317 e. The lowest BCUT2D eigenvalue weighted by atomic mass is 10.0. The number of carbonyl (C=O) groups excluding carboxylic acids is 1. The number of amides is 2. The maximum atomic E-state index is 12.5. The zero-order chi connectivity index (χ0) is 15.2. The van der Waals surface area contributed by atoms with E-state index in [1.165, 1.54) is 18.4 Å². The molecule has 1 aromatic carbocycles. The molecule has 0 radical (unpaired) electrons. The van der Waals surface area contributed by atoms with Gasteiger partial charge in [-0.15, -0.1) is 0 Å². The lowest BCUT2D eigenvalue weighted by molar-refractivity contribution is 0.174. The number of carbonyl (C=O) groups is 1. The largest absolute Gasteiger partial charge is 0.338 e. The average molecular weight is 309 g/mol. The molecule has 2 amide bonds. The van der Waals surface area contributed by atoms with Crippen molar-refractivity contribution in [2.24, 2.45) is 5.92 Å². The smallest absolute Gasteiger partial charge is 0.317 e. The van der Waals surface area contributed by atoms with Gasteiger partial charge in [-0.25, -0.2) is 4.79 Å². The van der Waals surface area contributed by atoms with E-state index in [0.29, 0.717) is 5.92 Å². The van der Waals surface area contributed by atoms with Crippen molar-refractivity contribution >= 4 is 17.6 Å². The van der Waals surface area contributed by atoms with E-state index >= 15 is 0 Å². The summed E-state index contributed by atoms with van der Waals surface area (Å²) in [6.45, 7) is 5.78. The molecule has 3 nitrogen and oxygen atoms in total. The molecule has 4 heteroatoms. The normalized spacial score (nSPS) is 19.4. The van der Waals surface area contributed by atoms with Gasteiger partial charge in [-0.1, -0.05) is 50.4 Å². The third-order valence-corrected chi connectivity index (χ3v) is 4.18. The summed E-state index contributed by atoms with van der Waals surface area (Å²) in [6, 6.07) is 8.13. The molecule has 1 aliphatic rings. The molecule has 1 aliphatic heterocycles. The van der Waals surface area contributed by atoms with Gasteiger partial charge in [-0.3, -0.25) is 0 Å². The minimum Gasteiger partial charge on any atom is -0.338 e. The van der Waals surface area contributed by atoms with Gasteiger partial charge in [0.25, 0.3) is 0 Å². The van der Waals surface area contributed by atoms with Crippen LogP contribution < -0.4 is 5.32 Å². The first-order chi connectivity index (χ1) is 10.1. The van der Waals surface area contributed by atoms with Crippen LogP contribution in [-0.4, -0.2) is 24.0 Å². The molecule has 1 N–H and O–H groups in total. The summed E-state index contributed by atoms with van der Waals surface area (Å²) >= 11 is 5.97. The van der Waals surface area contributed by atoms with Crippen LogP contribution in [0.5, 0.6) is 0 Å². The van der Waals surface area contributed by atoms with Crippen LogP contribution in [0.15, 0.2) is 24.3 Å². The van der Waals surface area contributed by atoms with Gasteiger partial charge in [0, 0.05) is 18.1 Å². The highest BCUT2D eigenvalue weighted by atomic mass is 35.5. The van der Waals surface area contributed by atoms with Crippen molar-refractivity contribution in [2.45, 2.75) is 45.6 Å². The van der Waals surface area contributed by atoms with E-state index in [0.717, 1.165) is 31.0 Å². The Labute approximate surface area is 132 Å². The molecule has 2 rings (SSSR count). The Kier molecular flexibility index (Phi) is 5.92. The highest BCUT2D eigenvalue weighted by molar-refractivity contribution is 6.30. The fourth-order valence-electron chi connectivity index (χ4n) is 2.78. The van der Waals surface area contributed by atoms with Crippen LogP contribution in [0.25, 0.3) is 0 Å². The van der Waals surface area contributed by atoms with Gasteiger partial charge >= 0.3 is 6.03 Å². The van der Waals surface area contributed by atoms with Crippen molar-refractivity contribution in [1.82, 2.24) is 10.2 Å². The van der Waals surface area contributed by atoms with Gasteiger partial charge in [0.05, 0.1) is 6.04 Å². The molecule has 1 fully saturated rings. The second-order valence-electron chi connectivity index (χ2n) is 6.19. The van der Waals surface area contributed by atoms with Crippen molar-refractivity contribution in [3.63, 3.8) is 0 Å². The fourth-order valence-corrected chi connectivity index (χ4v) is 2.90. The number of hydrogen-bond donors (Lipinski definition) is 1. The van der Waals surface area contributed by atoms with Crippen molar-refractivity contribution in [2.75, 3.05) is 13.1 Å². The Balaban J connectivity index is 2.13. The molecule has 0 bridgehead atoms. The van der Waals surface area contributed by atoms with Gasteiger partial charge < -0.3 is 10.2 Å². The van der Waals surface area contributed by atoms with E-state index in [4.69, 9.17) is 11.6 Å². The van der Waals surface area contributed by atoms with Gasteiger partial charge in [0.2, 0.25) is 0 Å². The Morgan fingerprint density at radius 3 is 2.67 bits per heavy atom. The Bertz CT molecular complexity index is 458. The SMILES string of the molecule is CC(C)CNC(=O)N1CCCCCC1c1ccc(Cl)cc1. The molecule has 1 heterocycles. The molecule has 21 heavy (non-hydrogen) atoms. The van der Waals surface area contributed by atoms with Crippen molar-refractivity contribution in [1.29, 1.82) is 0 Å². The fraction of sp³-hybridized carbons (Fsp3) is 0.588. The molecule has 0 aliphatic carbocycles. The van der Waals surface area contributed by atoms with Gasteiger partial charge in [-0.2, -0.15) is 0 Å². The van der Waals surface area contributed by atoms with Crippen LogP contribution in [0.1, 0.15) is 51.1 Å². The van der Waals surface area contributed by atoms with E-state index in [-0.39, 0.29) is 12.1 Å². The zero-order valence-electron chi connectivity index (χ0n) is 12.9. The number of likely N-dealkylation sites (tertiary alicyclic amines) is 1. The van der Waals surface area contributed by atoms with Crippen molar-refractivity contribution in [3.05, 3.63) is 34.9 Å². The Morgan fingerprint density at radius 1 is 1.29 bits per heavy atom. The first-order valence-electron chi connectivity index (χ1n) is 7.88. The van der Waals surface area contributed by atoms with Crippen LogP contribution in [0.2, 0.25) is 5.02 Å². The van der Waals surface area contributed by atoms with E-state index in [9.17, 15) is 4.79 Å². The number of nitrogens with zero attached hydrogens (tertiary/aromatic N) is 1. The van der Waals surface area contributed by atoms with Crippen LogP contribution in [0, 0.1) is 5.92 Å². The minimum absolute atomic E-state index is 0.0607. The summed E-state index contributed by atoms with van der Waals surface area (Å²) in [6.07, 6.45) is 4.47. The van der Waals surface area contributed by atoms with E-state index in [1.54, 1.807) is 0 Å². The van der Waals surface area contributed by atoms with E-state index in [1.807, 2.05) is 29.2 Å². The number of benzene rings is 1. The third-order valence-electron chi connectivity index (χ3n) is 3.93. The Morgan fingerprint density at radius 2 is 2.00 bits per heavy atom. The summed E-state index contributed by atoms with van der Waals surface area (Å²) in [5, 5.41) is 3.79. The van der Waals surface area contributed by atoms with E-state index < -0.39 is 0 Å². The number of urea groups is 1. The predicted octanol–water partition coefficient (Wildman–Crippen LogP) is 4.62. The third kappa shape index (κ3) is 4.63. The summed E-state index contributed by atoms with van der Waals surface area (Å²) in [5.41, 5.74) is 1.18. The standard InChI is InChI=1S/C17H25ClN2O/c1-13(2)12-19-17(21)20-11-5-3-4-6-16(20)14-7-9-15(18)10-8-14/h7-10,13,16H,3-6,11-12H2,1-2H3,(H,19,21). The van der Waals surface area contributed by atoms with Crippen LogP contribution >= 0.6 is 11.6 Å². The highest BCUT2D eigenvalue weighted by Gasteiger charge is 2.26. The van der Waals surface area contributed by atoms with Crippen LogP contribution in [0.4, 0.5) is 4.79 Å². The topological polar surface area (TPSA) is 32.3 Å². The minimum atomic E-state index is 0.0607. The number of rotatable bonds is 3. The molecule has 1 aromatic rings. The summed E-state index contributed by atoms with van der Waals surface area (Å²) in [4.78, 5) is 14.5. The summed E-state index contributed by atoms with van der Waals surface area (Å²) < 4.78 is 0. The molecule has 1 atom stereocenters. The van der Waals surface area contributed by atoms with Crippen molar-refractivity contribution < 1.29 is 4.79 Å². The van der Waals surface area contributed by atoms with Gasteiger partial charge in [0.15, 0.2) is 0 Å². The number of nitrogens with one attached hydrogen (secondary N) is 1. The second-order valence-corrected chi connectivity index (χ2v) is 6.63. The lowest BCUT2D eigenvalue weighted by Crippen LogP contribution is -2.43. The first-order valence-corrected chi connectivity index (χ1v) is 8.25. The lowest BCUT2D eigenvalue weighted by Gasteiger charge is -2.31. The number of halogens is 1. The van der Waals surface area contributed by atoms with Crippen LogP contribution in [0.3, 0.4) is 0 Å². The molecular formula is C17H25ClN2O. The zero-order valence-corrected chi connectivity index (χ0v) is 13.7. The maximum absolute atomic E-state index is 12.5. The molecule has 0 spiro atoms. The summed E-state index contributed by atoms with van der Waals surface area (Å²) in [5.74, 6) is 0.468. The second kappa shape index (κ2) is 7.69. The van der Waals surface area contributed by atoms with Gasteiger partial charge in [0.1, 0.15) is 0 Å². The highest BCUT2D eigenvalue weighted by Crippen LogP contribution is 2.30. The molecular weight excluding hydrogens is 284 g/mol. The monoisotopic (exact) mass is 308 g/mol. The number of hydrogen-bond acceptors (Lipinski definition) is 1. The molecule has 116 valence electrons. The molecule has 0 aromatic heterocycles. The summed E-state index contributed by atoms with van der Waals surface area (Å²) in [7, 11) is 0. The Hall–Kier alpha value is -1.22. The van der Waals surface area contributed by atoms with E-state index in [2.05, 4.69) is 19.2 Å².